The van der Waals surface area contributed by atoms with Gasteiger partial charge < -0.3 is 10.5 Å². The summed E-state index contributed by atoms with van der Waals surface area (Å²) in [7, 11) is -2.22. The molecule has 0 fully saturated rings. The highest BCUT2D eigenvalue weighted by Crippen LogP contribution is 2.36. The lowest BCUT2D eigenvalue weighted by Crippen LogP contribution is -2.35. The Bertz CT molecular complexity index is 856. The number of ether oxygens (including phenoxy) is 1. The Balaban J connectivity index is 0.00000208. The molecular weight excluding hydrogens is 371 g/mol. The van der Waals surface area contributed by atoms with Crippen LogP contribution in [0.3, 0.4) is 0 Å². The number of sulfonamides is 1. The summed E-state index contributed by atoms with van der Waals surface area (Å²) in [5.74, 6) is 0.439. The van der Waals surface area contributed by atoms with Gasteiger partial charge in [-0.25, -0.2) is 8.42 Å². The topological polar surface area (TPSA) is 72.6 Å². The SMILES string of the molecule is COc1ccc(S(=O)(=O)N2CCCc3c(N)cccc32)cc1Cl.Cl. The maximum absolute atomic E-state index is 13.0. The van der Waals surface area contributed by atoms with Gasteiger partial charge in [0.15, 0.2) is 0 Å². The Morgan fingerprint density at radius 3 is 2.67 bits per heavy atom. The fourth-order valence-corrected chi connectivity index (χ4v) is 4.69. The highest BCUT2D eigenvalue weighted by Gasteiger charge is 2.30. The molecule has 1 heterocycles. The van der Waals surface area contributed by atoms with Gasteiger partial charge in [0.2, 0.25) is 0 Å². The normalized spacial score (nSPS) is 13.8. The average molecular weight is 389 g/mol. The minimum atomic E-state index is -3.70. The number of methoxy groups -OCH3 is 1. The standard InChI is InChI=1S/C16H17ClN2O3S.ClH/c1-22-16-8-7-11(10-13(16)17)23(20,21)19-9-3-4-12-14(18)5-2-6-15(12)19;/h2,5-8,10H,3-4,9,18H2,1H3;1H. The Labute approximate surface area is 152 Å². The minimum Gasteiger partial charge on any atom is -0.495 e. The van der Waals surface area contributed by atoms with Crippen molar-refractivity contribution < 1.29 is 13.2 Å². The van der Waals surface area contributed by atoms with Crippen molar-refractivity contribution >= 4 is 45.4 Å². The van der Waals surface area contributed by atoms with E-state index >= 15 is 0 Å². The third-order valence-electron chi connectivity index (χ3n) is 3.96. The van der Waals surface area contributed by atoms with E-state index in [-0.39, 0.29) is 22.3 Å². The molecule has 130 valence electrons. The molecule has 0 amide bonds. The van der Waals surface area contributed by atoms with Crippen molar-refractivity contribution in [3.63, 3.8) is 0 Å². The Hall–Kier alpha value is -1.63. The zero-order valence-corrected chi connectivity index (χ0v) is 15.4. The molecule has 0 aromatic heterocycles. The van der Waals surface area contributed by atoms with E-state index in [4.69, 9.17) is 22.1 Å². The van der Waals surface area contributed by atoms with Gasteiger partial charge in [-0.2, -0.15) is 0 Å². The van der Waals surface area contributed by atoms with Crippen molar-refractivity contribution in [3.05, 3.63) is 47.0 Å². The smallest absolute Gasteiger partial charge is 0.264 e. The predicted molar refractivity (Wildman–Crippen MR) is 99.0 cm³/mol. The van der Waals surface area contributed by atoms with Crippen molar-refractivity contribution in [2.45, 2.75) is 17.7 Å². The molecule has 5 nitrogen and oxygen atoms in total. The highest BCUT2D eigenvalue weighted by atomic mass is 35.5. The number of nitrogens with two attached hydrogens (primary N) is 1. The van der Waals surface area contributed by atoms with Crippen LogP contribution in [0.5, 0.6) is 5.75 Å². The predicted octanol–water partition coefficient (Wildman–Crippen LogP) is 3.49. The summed E-state index contributed by atoms with van der Waals surface area (Å²) in [6.45, 7) is 0.419. The molecule has 1 aliphatic heterocycles. The van der Waals surface area contributed by atoms with Crippen LogP contribution >= 0.6 is 24.0 Å². The van der Waals surface area contributed by atoms with E-state index in [1.165, 1.54) is 23.5 Å². The molecule has 0 spiro atoms. The van der Waals surface area contributed by atoms with Gasteiger partial charge >= 0.3 is 0 Å². The van der Waals surface area contributed by atoms with E-state index in [1.54, 1.807) is 24.3 Å². The molecule has 0 atom stereocenters. The van der Waals surface area contributed by atoms with E-state index < -0.39 is 10.0 Å². The summed E-state index contributed by atoms with van der Waals surface area (Å²) < 4.78 is 32.5. The number of nitrogens with zero attached hydrogens (tertiary/aromatic N) is 1. The fraction of sp³-hybridized carbons (Fsp3) is 0.250. The molecule has 3 rings (SSSR count). The second-order valence-electron chi connectivity index (χ2n) is 5.32. The lowest BCUT2D eigenvalue weighted by atomic mass is 10.0. The largest absolute Gasteiger partial charge is 0.495 e. The van der Waals surface area contributed by atoms with Gasteiger partial charge in [-0.3, -0.25) is 4.31 Å². The molecular formula is C16H18Cl2N2O3S. The zero-order valence-electron chi connectivity index (χ0n) is 13.0. The lowest BCUT2D eigenvalue weighted by Gasteiger charge is -2.31. The van der Waals surface area contributed by atoms with Gasteiger partial charge in [0.25, 0.3) is 10.0 Å². The molecule has 0 saturated carbocycles. The van der Waals surface area contributed by atoms with Gasteiger partial charge in [-0.15, -0.1) is 12.4 Å². The van der Waals surface area contributed by atoms with E-state index in [0.29, 0.717) is 23.7 Å². The second kappa shape index (κ2) is 7.09. The van der Waals surface area contributed by atoms with Crippen molar-refractivity contribution in [1.29, 1.82) is 0 Å². The third kappa shape index (κ3) is 3.14. The molecule has 0 radical (unpaired) electrons. The van der Waals surface area contributed by atoms with Crippen LogP contribution in [0.1, 0.15) is 12.0 Å². The van der Waals surface area contributed by atoms with E-state index in [2.05, 4.69) is 0 Å². The maximum atomic E-state index is 13.0. The molecule has 2 aromatic carbocycles. The Morgan fingerprint density at radius 2 is 2.00 bits per heavy atom. The number of halogens is 2. The number of rotatable bonds is 3. The van der Waals surface area contributed by atoms with Crippen LogP contribution in [-0.4, -0.2) is 22.1 Å². The summed E-state index contributed by atoms with van der Waals surface area (Å²) >= 11 is 6.07. The molecule has 2 aromatic rings. The molecule has 0 saturated heterocycles. The van der Waals surface area contributed by atoms with Gasteiger partial charge in [0.05, 0.1) is 22.7 Å². The molecule has 1 aliphatic rings. The number of hydrogen-bond donors (Lipinski definition) is 1. The first-order valence-corrected chi connectivity index (χ1v) is 9.00. The molecule has 0 unspecified atom stereocenters. The van der Waals surface area contributed by atoms with Crippen molar-refractivity contribution in [2.75, 3.05) is 23.7 Å². The number of fused-ring (bicyclic) bond motifs is 1. The van der Waals surface area contributed by atoms with Gasteiger partial charge in [-0.05, 0) is 48.7 Å². The van der Waals surface area contributed by atoms with Crippen LogP contribution in [0.4, 0.5) is 11.4 Å². The van der Waals surface area contributed by atoms with E-state index in [9.17, 15) is 8.42 Å². The summed E-state index contributed by atoms with van der Waals surface area (Å²) in [6.07, 6.45) is 1.50. The maximum Gasteiger partial charge on any atom is 0.264 e. The quantitative estimate of drug-likeness (QED) is 0.816. The van der Waals surface area contributed by atoms with Crippen LogP contribution in [-0.2, 0) is 16.4 Å². The average Bonchev–Trinajstić information content (AvgIpc) is 2.54. The lowest BCUT2D eigenvalue weighted by molar-refractivity contribution is 0.414. The molecule has 8 heteroatoms. The third-order valence-corrected chi connectivity index (χ3v) is 6.06. The van der Waals surface area contributed by atoms with E-state index in [0.717, 1.165) is 18.4 Å². The van der Waals surface area contributed by atoms with Crippen LogP contribution in [0.25, 0.3) is 0 Å². The van der Waals surface area contributed by atoms with Gasteiger partial charge in [0, 0.05) is 12.2 Å². The monoisotopic (exact) mass is 388 g/mol. The zero-order chi connectivity index (χ0) is 16.6. The highest BCUT2D eigenvalue weighted by molar-refractivity contribution is 7.92. The summed E-state index contributed by atoms with van der Waals surface area (Å²) in [5.41, 5.74) is 8.13. The number of benzene rings is 2. The van der Waals surface area contributed by atoms with Crippen LogP contribution in [0.15, 0.2) is 41.3 Å². The van der Waals surface area contributed by atoms with Crippen LogP contribution in [0, 0.1) is 0 Å². The summed E-state index contributed by atoms with van der Waals surface area (Å²) in [5, 5.41) is 0.262. The first-order valence-electron chi connectivity index (χ1n) is 7.19. The molecule has 2 N–H and O–H groups in total. The first kappa shape index (κ1) is 18.7. The van der Waals surface area contributed by atoms with Crippen molar-refractivity contribution in [1.82, 2.24) is 0 Å². The van der Waals surface area contributed by atoms with E-state index in [1.807, 2.05) is 0 Å². The first-order chi connectivity index (χ1) is 10.9. The second-order valence-corrected chi connectivity index (χ2v) is 7.59. The molecule has 24 heavy (non-hydrogen) atoms. The van der Waals surface area contributed by atoms with Crippen molar-refractivity contribution in [3.8, 4) is 5.75 Å². The van der Waals surface area contributed by atoms with Crippen molar-refractivity contribution in [2.24, 2.45) is 0 Å². The summed E-state index contributed by atoms with van der Waals surface area (Å²) in [6, 6.07) is 9.81. The molecule has 0 aliphatic carbocycles. The van der Waals surface area contributed by atoms with Gasteiger partial charge in [-0.1, -0.05) is 17.7 Å². The number of nitrogen functional groups attached to an aromatic ring is 1. The number of anilines is 2. The Morgan fingerprint density at radius 1 is 1.25 bits per heavy atom. The van der Waals surface area contributed by atoms with Gasteiger partial charge in [0.1, 0.15) is 5.75 Å². The number of hydrogen-bond acceptors (Lipinski definition) is 4. The van der Waals surface area contributed by atoms with Crippen LogP contribution < -0.4 is 14.8 Å². The Kier molecular flexibility index (Phi) is 5.52. The minimum absolute atomic E-state index is 0. The van der Waals surface area contributed by atoms with Crippen LogP contribution in [0.2, 0.25) is 5.02 Å². The summed E-state index contributed by atoms with van der Waals surface area (Å²) in [4.78, 5) is 0.138. The molecule has 0 bridgehead atoms. The fourth-order valence-electron chi connectivity index (χ4n) is 2.80.